The minimum Gasteiger partial charge on any atom is -0.441 e. The first kappa shape index (κ1) is 42.3. The summed E-state index contributed by atoms with van der Waals surface area (Å²) in [5, 5.41) is 9.45. The molecule has 5 amide bonds. The number of fused-ring (bicyclic) bond motifs is 2. The number of aromatic nitrogens is 1. The standard InChI is InChI=1S/C44H60N6O9S/c1-7-28-21-44(28,38(54)49-60(56,57)31-16-11-15-27-17-20-45-32(27)31)48-35(51)30-22-43(41(5,6)42(43)18-12-19-42)25-50(30)37(53)34(40(2,3)4)47-36(52)33(26-13-9-8-10-14-26)46-39(55)59-29-23-58-24-29/h7,11,15-17,20,26,28-30,33-34,45H,1,8-10,12-14,18-19,21-25H2,2-6H3,(H,46,55)(H,47,52)(H,48,51)(H,49,54)/t28-,30+,33+,34-,43-,44-/m1/s1. The van der Waals surface area contributed by atoms with Crippen LogP contribution in [0.15, 0.2) is 48.0 Å². The summed E-state index contributed by atoms with van der Waals surface area (Å²) in [6, 6.07) is 3.44. The fourth-order valence-corrected chi connectivity index (χ4v) is 12.7. The molecule has 326 valence electrons. The van der Waals surface area contributed by atoms with Crippen molar-refractivity contribution in [2.45, 2.75) is 133 Å². The molecule has 2 saturated heterocycles. The molecule has 2 aromatic rings. The number of hydrogen-bond acceptors (Lipinski definition) is 9. The number of likely N-dealkylation sites (tertiary alicyclic amines) is 1. The van der Waals surface area contributed by atoms with E-state index >= 15 is 4.79 Å². The predicted molar refractivity (Wildman–Crippen MR) is 221 cm³/mol. The summed E-state index contributed by atoms with van der Waals surface area (Å²) >= 11 is 0. The van der Waals surface area contributed by atoms with Crippen molar-refractivity contribution in [2.75, 3.05) is 19.8 Å². The molecule has 15 nitrogen and oxygen atoms in total. The Bertz CT molecular complexity index is 2200. The van der Waals surface area contributed by atoms with Gasteiger partial charge in [0.05, 0.1) is 18.7 Å². The molecule has 0 unspecified atom stereocenters. The van der Waals surface area contributed by atoms with Crippen LogP contribution in [0.2, 0.25) is 0 Å². The normalized spacial score (nSPS) is 29.1. The predicted octanol–water partition coefficient (Wildman–Crippen LogP) is 4.44. The van der Waals surface area contributed by atoms with E-state index in [1.165, 1.54) is 12.1 Å². The lowest BCUT2D eigenvalue weighted by atomic mass is 9.73. The molecule has 3 heterocycles. The highest BCUT2D eigenvalue weighted by molar-refractivity contribution is 7.90. The molecule has 6 aliphatic rings. The molecule has 0 radical (unpaired) electrons. The summed E-state index contributed by atoms with van der Waals surface area (Å²) < 4.78 is 40.3. The first-order valence-corrected chi connectivity index (χ1v) is 23.0. The molecule has 2 spiro atoms. The topological polar surface area (TPSA) is 205 Å². The van der Waals surface area contributed by atoms with Gasteiger partial charge in [0.1, 0.15) is 28.6 Å². The van der Waals surface area contributed by atoms with E-state index in [0.29, 0.717) is 30.5 Å². The molecule has 1 aromatic carbocycles. The number of nitrogens with zero attached hydrogens (tertiary/aromatic N) is 1. The van der Waals surface area contributed by atoms with Crippen LogP contribution in [0.1, 0.15) is 98.8 Å². The summed E-state index contributed by atoms with van der Waals surface area (Å²) in [6.07, 6.45) is 9.86. The second-order valence-corrected chi connectivity index (χ2v) is 21.5. The zero-order valence-corrected chi connectivity index (χ0v) is 36.2. The first-order chi connectivity index (χ1) is 28.3. The highest BCUT2D eigenvalue weighted by Gasteiger charge is 2.85. The molecule has 1 aromatic heterocycles. The number of carbonyl (C=O) groups excluding carboxylic acids is 5. The van der Waals surface area contributed by atoms with Gasteiger partial charge >= 0.3 is 6.09 Å². The maximum Gasteiger partial charge on any atom is 0.408 e. The molecule has 5 N–H and O–H groups in total. The third-order valence-electron chi connectivity index (χ3n) is 15.5. The Balaban J connectivity index is 1.06. The van der Waals surface area contributed by atoms with Gasteiger partial charge in [0, 0.05) is 29.5 Å². The van der Waals surface area contributed by atoms with Gasteiger partial charge in [-0.2, -0.15) is 0 Å². The second kappa shape index (κ2) is 14.9. The summed E-state index contributed by atoms with van der Waals surface area (Å²) in [6.45, 7) is 14.7. The lowest BCUT2D eigenvalue weighted by molar-refractivity contribution is -0.145. The van der Waals surface area contributed by atoms with Crippen LogP contribution in [0.5, 0.6) is 0 Å². The van der Waals surface area contributed by atoms with E-state index in [-0.39, 0.29) is 46.1 Å². The molecule has 16 heteroatoms. The number of carbonyl (C=O) groups is 5. The van der Waals surface area contributed by atoms with Gasteiger partial charge in [-0.1, -0.05) is 78.5 Å². The SMILES string of the molecule is C=C[C@@H]1C[C@]1(NC(=O)[C@@H]1C[C@@]2(CN1C(=O)[C@@H](NC(=O)[C@@H](NC(=O)OC1COC1)C1CCCCC1)C(C)(C)C)C(C)(C)C21CCC1)C(=O)NS(=O)(=O)c1cccc2cc[nH]c12. The molecule has 60 heavy (non-hydrogen) atoms. The van der Waals surface area contributed by atoms with Gasteiger partial charge in [-0.15, -0.1) is 6.58 Å². The van der Waals surface area contributed by atoms with Crippen LogP contribution in [0, 0.1) is 33.5 Å². The Morgan fingerprint density at radius 2 is 1.70 bits per heavy atom. The average molecular weight is 849 g/mol. The van der Waals surface area contributed by atoms with Crippen LogP contribution in [0.25, 0.3) is 10.9 Å². The number of hydrogen-bond donors (Lipinski definition) is 5. The van der Waals surface area contributed by atoms with Crippen molar-refractivity contribution in [3.63, 3.8) is 0 Å². The molecule has 4 aliphatic carbocycles. The van der Waals surface area contributed by atoms with Crippen molar-refractivity contribution in [1.82, 2.24) is 30.6 Å². The maximum absolute atomic E-state index is 15.2. The lowest BCUT2D eigenvalue weighted by Crippen LogP contribution is -2.62. The molecule has 6 fully saturated rings. The van der Waals surface area contributed by atoms with Gasteiger partial charge in [-0.3, -0.25) is 19.2 Å². The van der Waals surface area contributed by atoms with E-state index in [9.17, 15) is 27.6 Å². The Hall–Kier alpha value is -4.44. The summed E-state index contributed by atoms with van der Waals surface area (Å²) in [5.74, 6) is -3.09. The summed E-state index contributed by atoms with van der Waals surface area (Å²) in [5.41, 5.74) is -2.69. The second-order valence-electron chi connectivity index (χ2n) is 19.9. The van der Waals surface area contributed by atoms with Crippen LogP contribution >= 0.6 is 0 Å². The van der Waals surface area contributed by atoms with E-state index < -0.39 is 74.7 Å². The summed E-state index contributed by atoms with van der Waals surface area (Å²) in [4.78, 5) is 75.9. The average Bonchev–Trinajstić information content (AvgIpc) is 3.67. The highest BCUT2D eigenvalue weighted by Crippen LogP contribution is 2.88. The Kier molecular flexibility index (Phi) is 10.5. The minimum atomic E-state index is -4.37. The molecule has 0 bridgehead atoms. The number of amides is 5. The third-order valence-corrected chi connectivity index (χ3v) is 16.8. The van der Waals surface area contributed by atoms with Gasteiger partial charge in [0.2, 0.25) is 17.7 Å². The van der Waals surface area contributed by atoms with Crippen molar-refractivity contribution >= 4 is 50.6 Å². The molecular formula is C44H60N6O9S. The Morgan fingerprint density at radius 3 is 2.28 bits per heavy atom. The molecule has 2 aliphatic heterocycles. The van der Waals surface area contributed by atoms with Gasteiger partial charge in [0.15, 0.2) is 6.10 Å². The molecule has 8 rings (SSSR count). The van der Waals surface area contributed by atoms with Crippen molar-refractivity contribution in [3.05, 3.63) is 43.1 Å². The third kappa shape index (κ3) is 6.80. The number of ether oxygens (including phenoxy) is 2. The van der Waals surface area contributed by atoms with Gasteiger partial charge in [-0.25, -0.2) is 17.9 Å². The van der Waals surface area contributed by atoms with E-state index in [0.717, 1.165) is 51.4 Å². The van der Waals surface area contributed by atoms with E-state index in [1.807, 2.05) is 20.8 Å². The highest BCUT2D eigenvalue weighted by atomic mass is 32.2. The van der Waals surface area contributed by atoms with Crippen LogP contribution in [-0.4, -0.2) is 97.6 Å². The molecule has 6 atom stereocenters. The van der Waals surface area contributed by atoms with Crippen molar-refractivity contribution in [1.29, 1.82) is 0 Å². The molecular weight excluding hydrogens is 789 g/mol. The number of para-hydroxylation sites is 1. The number of rotatable bonds is 12. The van der Waals surface area contributed by atoms with Crippen LogP contribution in [0.3, 0.4) is 0 Å². The van der Waals surface area contributed by atoms with Crippen molar-refractivity contribution in [3.8, 4) is 0 Å². The van der Waals surface area contributed by atoms with Crippen LogP contribution in [-0.2, 0) is 38.7 Å². The zero-order valence-electron chi connectivity index (χ0n) is 35.4. The maximum atomic E-state index is 15.2. The Morgan fingerprint density at radius 1 is 0.983 bits per heavy atom. The lowest BCUT2D eigenvalue weighted by Gasteiger charge is -2.38. The number of benzene rings is 1. The zero-order chi connectivity index (χ0) is 43.0. The smallest absolute Gasteiger partial charge is 0.408 e. The van der Waals surface area contributed by atoms with E-state index in [1.54, 1.807) is 29.3 Å². The van der Waals surface area contributed by atoms with E-state index in [4.69, 9.17) is 9.47 Å². The van der Waals surface area contributed by atoms with E-state index in [2.05, 4.69) is 46.1 Å². The number of H-pyrrole nitrogens is 1. The fraction of sp³-hybridized carbons (Fsp3) is 0.659. The number of aromatic amines is 1. The van der Waals surface area contributed by atoms with Gasteiger partial charge in [0.25, 0.3) is 15.9 Å². The monoisotopic (exact) mass is 848 g/mol. The Labute approximate surface area is 351 Å². The van der Waals surface area contributed by atoms with Crippen LogP contribution < -0.4 is 20.7 Å². The molecule has 4 saturated carbocycles. The van der Waals surface area contributed by atoms with Gasteiger partial charge < -0.3 is 35.3 Å². The largest absolute Gasteiger partial charge is 0.441 e. The number of sulfonamides is 1. The number of nitrogens with one attached hydrogen (secondary N) is 5. The van der Waals surface area contributed by atoms with Gasteiger partial charge in [-0.05, 0) is 72.8 Å². The minimum absolute atomic E-state index is 0.0545. The quantitative estimate of drug-likeness (QED) is 0.191. The fourth-order valence-electron chi connectivity index (χ4n) is 11.5. The summed E-state index contributed by atoms with van der Waals surface area (Å²) in [7, 11) is -4.37. The first-order valence-electron chi connectivity index (χ1n) is 21.5. The van der Waals surface area contributed by atoms with Crippen molar-refractivity contribution in [2.24, 2.45) is 33.5 Å². The van der Waals surface area contributed by atoms with Crippen LogP contribution in [0.4, 0.5) is 4.79 Å². The van der Waals surface area contributed by atoms with Crippen molar-refractivity contribution < 1.29 is 41.9 Å². The number of alkyl carbamates (subject to hydrolysis) is 1.